The minimum absolute atomic E-state index is 0.0496. The number of rotatable bonds is 6. The lowest BCUT2D eigenvalue weighted by Gasteiger charge is -2.24. The number of amides is 2. The molecular weight excluding hydrogens is 421 g/mol. The van der Waals surface area contributed by atoms with Gasteiger partial charge in [-0.1, -0.05) is 48.0 Å². The SMILES string of the molecule is O=C(O)NC(CCN1CC2CN(C(=O)c3c(F)cccc3Cl)C[C@@H]2C1)c1ccccc1. The van der Waals surface area contributed by atoms with Gasteiger partial charge in [0.25, 0.3) is 5.91 Å². The highest BCUT2D eigenvalue weighted by molar-refractivity contribution is 6.33. The fraction of sp³-hybridized carbons (Fsp3) is 0.391. The minimum atomic E-state index is -1.03. The Morgan fingerprint density at radius 2 is 1.74 bits per heavy atom. The molecule has 3 atom stereocenters. The number of carbonyl (C=O) groups excluding carboxylic acids is 1. The van der Waals surface area contributed by atoms with E-state index in [-0.39, 0.29) is 22.5 Å². The molecule has 2 aliphatic rings. The highest BCUT2D eigenvalue weighted by Gasteiger charge is 2.42. The fourth-order valence-electron chi connectivity index (χ4n) is 4.77. The molecule has 2 aliphatic heterocycles. The van der Waals surface area contributed by atoms with Gasteiger partial charge >= 0.3 is 6.09 Å². The van der Waals surface area contributed by atoms with Crippen molar-refractivity contribution >= 4 is 23.6 Å². The van der Waals surface area contributed by atoms with Crippen LogP contribution in [0.25, 0.3) is 0 Å². The highest BCUT2D eigenvalue weighted by atomic mass is 35.5. The number of carbonyl (C=O) groups is 2. The van der Waals surface area contributed by atoms with E-state index in [1.165, 1.54) is 18.2 Å². The standard InChI is InChI=1S/C23H25ClFN3O3/c24-18-7-4-8-19(25)21(18)22(29)28-13-16-11-27(12-17(16)14-28)10-9-20(26-23(30)31)15-5-2-1-3-6-15/h1-8,16-17,20,26H,9-14H2,(H,30,31)/t16-,17?,20?/m0/s1. The molecule has 2 saturated heterocycles. The molecule has 0 radical (unpaired) electrons. The Kier molecular flexibility index (Phi) is 6.43. The Labute approximate surface area is 185 Å². The third-order valence-corrected chi connectivity index (χ3v) is 6.57. The molecule has 2 unspecified atom stereocenters. The lowest BCUT2D eigenvalue weighted by atomic mass is 10.0. The second-order valence-corrected chi connectivity index (χ2v) is 8.70. The van der Waals surface area contributed by atoms with Crippen molar-refractivity contribution in [3.05, 3.63) is 70.5 Å². The average molecular weight is 446 g/mol. The fourth-order valence-corrected chi connectivity index (χ4v) is 5.01. The van der Waals surface area contributed by atoms with E-state index in [0.29, 0.717) is 31.3 Å². The zero-order chi connectivity index (χ0) is 22.0. The molecule has 0 aliphatic carbocycles. The first-order valence-corrected chi connectivity index (χ1v) is 10.8. The average Bonchev–Trinajstić information content (AvgIpc) is 3.30. The van der Waals surface area contributed by atoms with Crippen LogP contribution in [0.4, 0.5) is 9.18 Å². The third-order valence-electron chi connectivity index (χ3n) is 6.26. The minimum Gasteiger partial charge on any atom is -0.465 e. The summed E-state index contributed by atoms with van der Waals surface area (Å²) in [5.74, 6) is -0.276. The molecule has 2 N–H and O–H groups in total. The number of hydrogen-bond donors (Lipinski definition) is 2. The van der Waals surface area contributed by atoms with Crippen LogP contribution in [0.1, 0.15) is 28.4 Å². The van der Waals surface area contributed by atoms with Crippen molar-refractivity contribution in [2.45, 2.75) is 12.5 Å². The van der Waals surface area contributed by atoms with Crippen LogP contribution in [0, 0.1) is 17.7 Å². The topological polar surface area (TPSA) is 72.9 Å². The summed E-state index contributed by atoms with van der Waals surface area (Å²) in [5.41, 5.74) is 0.897. The Morgan fingerprint density at radius 3 is 2.35 bits per heavy atom. The van der Waals surface area contributed by atoms with E-state index >= 15 is 0 Å². The van der Waals surface area contributed by atoms with Gasteiger partial charge in [-0.05, 0) is 36.0 Å². The van der Waals surface area contributed by atoms with Gasteiger partial charge in [0.1, 0.15) is 5.82 Å². The van der Waals surface area contributed by atoms with Crippen molar-refractivity contribution in [1.82, 2.24) is 15.1 Å². The summed E-state index contributed by atoms with van der Waals surface area (Å²) in [6.45, 7) is 3.61. The molecule has 0 saturated carbocycles. The molecule has 164 valence electrons. The largest absolute Gasteiger partial charge is 0.465 e. The summed E-state index contributed by atoms with van der Waals surface area (Å²) in [7, 11) is 0. The maximum absolute atomic E-state index is 14.1. The second-order valence-electron chi connectivity index (χ2n) is 8.29. The predicted octanol–water partition coefficient (Wildman–Crippen LogP) is 3.88. The maximum Gasteiger partial charge on any atom is 0.405 e. The van der Waals surface area contributed by atoms with Gasteiger partial charge in [-0.2, -0.15) is 0 Å². The number of carboxylic acid groups (broad SMARTS) is 1. The Balaban J connectivity index is 1.33. The smallest absolute Gasteiger partial charge is 0.405 e. The van der Waals surface area contributed by atoms with Gasteiger partial charge in [-0.25, -0.2) is 9.18 Å². The number of halogens is 2. The molecular formula is C23H25ClFN3O3. The summed E-state index contributed by atoms with van der Waals surface area (Å²) in [6, 6.07) is 13.6. The van der Waals surface area contributed by atoms with Gasteiger partial charge in [-0.3, -0.25) is 4.79 Å². The molecule has 8 heteroatoms. The zero-order valence-corrected chi connectivity index (χ0v) is 17.8. The number of nitrogens with zero attached hydrogens (tertiary/aromatic N) is 2. The Hall–Kier alpha value is -2.64. The van der Waals surface area contributed by atoms with Crippen molar-refractivity contribution in [2.75, 3.05) is 32.7 Å². The molecule has 0 bridgehead atoms. The molecule has 0 spiro atoms. The van der Waals surface area contributed by atoms with Crippen LogP contribution in [0.2, 0.25) is 5.02 Å². The van der Waals surface area contributed by atoms with Crippen LogP contribution >= 0.6 is 11.6 Å². The highest BCUT2D eigenvalue weighted by Crippen LogP contribution is 2.33. The van der Waals surface area contributed by atoms with Crippen LogP contribution in [0.15, 0.2) is 48.5 Å². The molecule has 31 heavy (non-hydrogen) atoms. The molecule has 2 amide bonds. The summed E-state index contributed by atoms with van der Waals surface area (Å²) in [5, 5.41) is 11.9. The normalized spacial score (nSPS) is 21.7. The van der Waals surface area contributed by atoms with Crippen molar-refractivity contribution in [3.8, 4) is 0 Å². The van der Waals surface area contributed by atoms with Gasteiger partial charge in [-0.15, -0.1) is 0 Å². The zero-order valence-electron chi connectivity index (χ0n) is 17.0. The monoisotopic (exact) mass is 445 g/mol. The molecule has 4 rings (SSSR count). The molecule has 2 aromatic carbocycles. The Morgan fingerprint density at radius 1 is 1.06 bits per heavy atom. The van der Waals surface area contributed by atoms with E-state index in [2.05, 4.69) is 10.2 Å². The summed E-state index contributed by atoms with van der Waals surface area (Å²) >= 11 is 6.06. The number of likely N-dealkylation sites (tertiary alicyclic amines) is 2. The lowest BCUT2D eigenvalue weighted by Crippen LogP contribution is -2.35. The number of hydrogen-bond acceptors (Lipinski definition) is 3. The summed E-state index contributed by atoms with van der Waals surface area (Å²) < 4.78 is 14.1. The van der Waals surface area contributed by atoms with Crippen LogP contribution < -0.4 is 5.32 Å². The van der Waals surface area contributed by atoms with E-state index < -0.39 is 11.9 Å². The summed E-state index contributed by atoms with van der Waals surface area (Å²) in [6.07, 6.45) is -0.364. The van der Waals surface area contributed by atoms with Crippen LogP contribution in [-0.2, 0) is 0 Å². The third kappa shape index (κ3) is 4.83. The van der Waals surface area contributed by atoms with E-state index in [0.717, 1.165) is 25.2 Å². The first-order chi connectivity index (χ1) is 14.9. The van der Waals surface area contributed by atoms with E-state index in [9.17, 15) is 19.1 Å². The maximum atomic E-state index is 14.1. The van der Waals surface area contributed by atoms with Gasteiger partial charge in [0.15, 0.2) is 0 Å². The molecule has 0 aromatic heterocycles. The molecule has 2 fully saturated rings. The first-order valence-electron chi connectivity index (χ1n) is 10.4. The second kappa shape index (κ2) is 9.24. The van der Waals surface area contributed by atoms with Gasteiger partial charge in [0, 0.05) is 32.7 Å². The number of fused-ring (bicyclic) bond motifs is 1. The number of benzene rings is 2. The molecule has 2 heterocycles. The van der Waals surface area contributed by atoms with Crippen LogP contribution in [-0.4, -0.2) is 59.6 Å². The van der Waals surface area contributed by atoms with Gasteiger partial charge in [0.05, 0.1) is 16.6 Å². The first kappa shape index (κ1) is 21.6. The summed E-state index contributed by atoms with van der Waals surface area (Å²) in [4.78, 5) is 28.0. The Bertz CT molecular complexity index is 924. The van der Waals surface area contributed by atoms with Crippen LogP contribution in [0.5, 0.6) is 0 Å². The van der Waals surface area contributed by atoms with E-state index in [4.69, 9.17) is 11.6 Å². The van der Waals surface area contributed by atoms with E-state index in [1.54, 1.807) is 4.90 Å². The van der Waals surface area contributed by atoms with Crippen molar-refractivity contribution in [3.63, 3.8) is 0 Å². The quantitative estimate of drug-likeness (QED) is 0.707. The number of nitrogens with one attached hydrogen (secondary N) is 1. The van der Waals surface area contributed by atoms with Crippen LogP contribution in [0.3, 0.4) is 0 Å². The van der Waals surface area contributed by atoms with Crippen molar-refractivity contribution in [2.24, 2.45) is 11.8 Å². The molecule has 6 nitrogen and oxygen atoms in total. The van der Waals surface area contributed by atoms with Gasteiger partial charge in [0.2, 0.25) is 0 Å². The molecule has 2 aromatic rings. The lowest BCUT2D eigenvalue weighted by molar-refractivity contribution is 0.0769. The van der Waals surface area contributed by atoms with E-state index in [1.807, 2.05) is 30.3 Å². The predicted molar refractivity (Wildman–Crippen MR) is 116 cm³/mol. The van der Waals surface area contributed by atoms with Gasteiger partial charge < -0.3 is 20.2 Å². The van der Waals surface area contributed by atoms with Crippen molar-refractivity contribution < 1.29 is 19.1 Å². The van der Waals surface area contributed by atoms with Crippen molar-refractivity contribution in [1.29, 1.82) is 0 Å².